The minimum Gasteiger partial charge on any atom is -0.477 e. The van der Waals surface area contributed by atoms with E-state index >= 15 is 0 Å². The molecule has 1 saturated carbocycles. The molecular weight excluding hydrogens is 369 g/mol. The summed E-state index contributed by atoms with van der Waals surface area (Å²) in [6, 6.07) is 1.73. The van der Waals surface area contributed by atoms with Gasteiger partial charge >= 0.3 is 0 Å². The van der Waals surface area contributed by atoms with Crippen LogP contribution in [0.4, 0.5) is 5.82 Å². The van der Waals surface area contributed by atoms with Gasteiger partial charge in [-0.25, -0.2) is 4.98 Å². The molecule has 3 rings (SSSR count). The summed E-state index contributed by atoms with van der Waals surface area (Å²) in [6.07, 6.45) is 7.74. The maximum atomic E-state index is 6.11. The molecule has 2 heterocycles. The van der Waals surface area contributed by atoms with Crippen LogP contribution in [-0.4, -0.2) is 24.5 Å². The van der Waals surface area contributed by atoms with Crippen LogP contribution in [0.15, 0.2) is 6.07 Å². The Labute approximate surface area is 131 Å². The van der Waals surface area contributed by atoms with E-state index < -0.39 is 0 Å². The highest BCUT2D eigenvalue weighted by Crippen LogP contribution is 2.33. The molecule has 0 aliphatic heterocycles. The van der Waals surface area contributed by atoms with Crippen LogP contribution in [0.2, 0.25) is 0 Å². The van der Waals surface area contributed by atoms with E-state index in [-0.39, 0.29) is 4.11 Å². The van der Waals surface area contributed by atoms with E-state index in [0.717, 1.165) is 0 Å². The number of hydrogen-bond acceptors (Lipinski definition) is 5. The molecule has 0 radical (unpaired) electrons. The summed E-state index contributed by atoms with van der Waals surface area (Å²) in [5.74, 6) is 1.67. The van der Waals surface area contributed by atoms with Gasteiger partial charge in [-0.05, 0) is 35.4 Å². The SMILES string of the molecule is Nc1cc(OC(I)C2CCCCCC2)c2n[nH]nc2n1. The van der Waals surface area contributed by atoms with Gasteiger partial charge in [-0.3, -0.25) is 0 Å². The summed E-state index contributed by atoms with van der Waals surface area (Å²) in [4.78, 5) is 4.12. The summed E-state index contributed by atoms with van der Waals surface area (Å²) in [7, 11) is 0. The second-order valence-electron chi connectivity index (χ2n) is 5.26. The van der Waals surface area contributed by atoms with E-state index in [1.165, 1.54) is 38.5 Å². The molecule has 20 heavy (non-hydrogen) atoms. The summed E-state index contributed by atoms with van der Waals surface area (Å²) in [5.41, 5.74) is 6.94. The minimum atomic E-state index is 0.132. The Balaban J connectivity index is 1.79. The van der Waals surface area contributed by atoms with Crippen molar-refractivity contribution in [3.8, 4) is 5.75 Å². The topological polar surface area (TPSA) is 89.7 Å². The van der Waals surface area contributed by atoms with E-state index in [9.17, 15) is 0 Å². The molecule has 1 aliphatic carbocycles. The fraction of sp³-hybridized carbons (Fsp3) is 0.615. The van der Waals surface area contributed by atoms with Crippen LogP contribution in [0.3, 0.4) is 0 Å². The number of aromatic amines is 1. The Morgan fingerprint density at radius 3 is 2.75 bits per heavy atom. The summed E-state index contributed by atoms with van der Waals surface area (Å²) >= 11 is 2.38. The first kappa shape index (κ1) is 13.8. The molecule has 7 heteroatoms. The molecule has 0 saturated heterocycles. The molecule has 0 spiro atoms. The van der Waals surface area contributed by atoms with Gasteiger partial charge in [0.1, 0.15) is 5.82 Å². The van der Waals surface area contributed by atoms with E-state index in [4.69, 9.17) is 10.5 Å². The van der Waals surface area contributed by atoms with Crippen molar-refractivity contribution in [2.75, 3.05) is 5.73 Å². The van der Waals surface area contributed by atoms with Gasteiger partial charge in [-0.1, -0.05) is 25.7 Å². The highest BCUT2D eigenvalue weighted by atomic mass is 127. The van der Waals surface area contributed by atoms with Gasteiger partial charge in [0.15, 0.2) is 15.4 Å². The molecule has 0 amide bonds. The van der Waals surface area contributed by atoms with Crippen molar-refractivity contribution >= 4 is 39.6 Å². The molecule has 0 bridgehead atoms. The van der Waals surface area contributed by atoms with Gasteiger partial charge in [0.2, 0.25) is 5.65 Å². The van der Waals surface area contributed by atoms with Crippen LogP contribution in [0, 0.1) is 5.92 Å². The van der Waals surface area contributed by atoms with Gasteiger partial charge in [0, 0.05) is 12.0 Å². The van der Waals surface area contributed by atoms with Crippen LogP contribution in [0.1, 0.15) is 38.5 Å². The predicted molar refractivity (Wildman–Crippen MR) is 85.7 cm³/mol. The number of H-pyrrole nitrogens is 1. The third-order valence-electron chi connectivity index (χ3n) is 3.79. The van der Waals surface area contributed by atoms with Gasteiger partial charge in [0.05, 0.1) is 0 Å². The van der Waals surface area contributed by atoms with Gasteiger partial charge in [-0.2, -0.15) is 10.3 Å². The molecule has 2 aromatic rings. The van der Waals surface area contributed by atoms with Gasteiger partial charge in [0.25, 0.3) is 0 Å². The average Bonchev–Trinajstić information content (AvgIpc) is 2.72. The predicted octanol–water partition coefficient (Wildman–Crippen LogP) is 3.05. The first-order chi connectivity index (χ1) is 9.74. The number of rotatable bonds is 3. The Morgan fingerprint density at radius 1 is 1.25 bits per heavy atom. The molecule has 108 valence electrons. The molecule has 0 aromatic carbocycles. The number of nitrogens with zero attached hydrogens (tertiary/aromatic N) is 3. The third kappa shape index (κ3) is 2.97. The van der Waals surface area contributed by atoms with Crippen LogP contribution >= 0.6 is 22.6 Å². The summed E-state index contributed by atoms with van der Waals surface area (Å²) in [6.45, 7) is 0. The van der Waals surface area contributed by atoms with E-state index in [1.807, 2.05) is 0 Å². The Hall–Kier alpha value is -1.12. The first-order valence-corrected chi connectivity index (χ1v) is 8.26. The summed E-state index contributed by atoms with van der Waals surface area (Å²) < 4.78 is 6.24. The number of aromatic nitrogens is 4. The fourth-order valence-electron chi connectivity index (χ4n) is 2.71. The van der Waals surface area contributed by atoms with Gasteiger partial charge < -0.3 is 10.5 Å². The zero-order valence-corrected chi connectivity index (χ0v) is 13.3. The maximum Gasteiger partial charge on any atom is 0.207 e. The van der Waals surface area contributed by atoms with Crippen molar-refractivity contribution in [2.45, 2.75) is 42.6 Å². The number of fused-ring (bicyclic) bond motifs is 1. The number of nitrogens with two attached hydrogens (primary N) is 1. The molecule has 3 N–H and O–H groups in total. The Kier molecular flexibility index (Phi) is 4.23. The van der Waals surface area contributed by atoms with Crippen molar-refractivity contribution in [1.82, 2.24) is 20.4 Å². The monoisotopic (exact) mass is 387 g/mol. The maximum absolute atomic E-state index is 6.11. The number of pyridine rings is 1. The largest absolute Gasteiger partial charge is 0.477 e. The lowest BCUT2D eigenvalue weighted by Crippen LogP contribution is -2.20. The lowest BCUT2D eigenvalue weighted by molar-refractivity contribution is 0.218. The third-order valence-corrected chi connectivity index (χ3v) is 5.06. The number of anilines is 1. The summed E-state index contributed by atoms with van der Waals surface area (Å²) in [5, 5.41) is 10.6. The van der Waals surface area contributed by atoms with E-state index in [1.54, 1.807) is 6.07 Å². The second-order valence-corrected chi connectivity index (χ2v) is 6.49. The highest BCUT2D eigenvalue weighted by molar-refractivity contribution is 14.1. The van der Waals surface area contributed by atoms with Crippen molar-refractivity contribution in [3.05, 3.63) is 6.07 Å². The normalized spacial score (nSPS) is 18.9. The van der Waals surface area contributed by atoms with Crippen molar-refractivity contribution in [3.63, 3.8) is 0 Å². The lowest BCUT2D eigenvalue weighted by atomic mass is 10.0. The van der Waals surface area contributed by atoms with E-state index in [2.05, 4.69) is 43.0 Å². The number of alkyl halides is 1. The van der Waals surface area contributed by atoms with Crippen molar-refractivity contribution < 1.29 is 4.74 Å². The Morgan fingerprint density at radius 2 is 2.00 bits per heavy atom. The van der Waals surface area contributed by atoms with Crippen LogP contribution in [-0.2, 0) is 0 Å². The first-order valence-electron chi connectivity index (χ1n) is 7.02. The fourth-order valence-corrected chi connectivity index (χ4v) is 3.70. The lowest BCUT2D eigenvalue weighted by Gasteiger charge is -2.22. The number of nitrogens with one attached hydrogen (secondary N) is 1. The highest BCUT2D eigenvalue weighted by Gasteiger charge is 2.23. The van der Waals surface area contributed by atoms with Crippen molar-refractivity contribution in [2.24, 2.45) is 5.92 Å². The number of halogens is 1. The number of ether oxygens (including phenoxy) is 1. The minimum absolute atomic E-state index is 0.132. The molecule has 6 nitrogen and oxygen atoms in total. The molecule has 1 aliphatic rings. The molecule has 1 fully saturated rings. The smallest absolute Gasteiger partial charge is 0.207 e. The van der Waals surface area contributed by atoms with Crippen LogP contribution in [0.5, 0.6) is 5.75 Å². The molecule has 2 aromatic heterocycles. The van der Waals surface area contributed by atoms with Crippen LogP contribution < -0.4 is 10.5 Å². The molecular formula is C13H18IN5O. The Bertz CT molecular complexity index is 579. The number of hydrogen-bond donors (Lipinski definition) is 2. The zero-order chi connectivity index (χ0) is 13.9. The van der Waals surface area contributed by atoms with Crippen molar-refractivity contribution in [1.29, 1.82) is 0 Å². The standard InChI is InChI=1S/C13H18IN5O/c14-12(8-5-3-1-2-4-6-8)20-9-7-10(15)16-13-11(9)17-19-18-13/h7-8,12H,1-6H2,(H3,15,16,17,18,19). The average molecular weight is 387 g/mol. The molecule has 1 unspecified atom stereocenters. The zero-order valence-electron chi connectivity index (χ0n) is 11.2. The van der Waals surface area contributed by atoms with E-state index in [0.29, 0.717) is 28.6 Å². The number of nitrogen functional groups attached to an aromatic ring is 1. The van der Waals surface area contributed by atoms with Crippen LogP contribution in [0.25, 0.3) is 11.2 Å². The molecule has 1 atom stereocenters. The second kappa shape index (κ2) is 6.11. The van der Waals surface area contributed by atoms with Gasteiger partial charge in [-0.15, -0.1) is 5.10 Å². The quantitative estimate of drug-likeness (QED) is 0.480.